The number of allylic oxidation sites excluding steroid dienone is 1. The summed E-state index contributed by atoms with van der Waals surface area (Å²) < 4.78 is 25.6. The molecule has 0 aromatic rings. The van der Waals surface area contributed by atoms with Crippen LogP contribution in [0.4, 0.5) is 0 Å². The van der Waals surface area contributed by atoms with Gasteiger partial charge in [-0.15, -0.1) is 0 Å². The molecule has 2 aliphatic heterocycles. The first kappa shape index (κ1) is 30.2. The fourth-order valence-corrected chi connectivity index (χ4v) is 10.4. The summed E-state index contributed by atoms with van der Waals surface area (Å²) in [6.45, 7) is 17.3. The van der Waals surface area contributed by atoms with Gasteiger partial charge in [0.1, 0.15) is 0 Å². The molecule has 232 valence electrons. The average molecular weight is 577 g/mol. The zero-order valence-electron chi connectivity index (χ0n) is 26.5. The van der Waals surface area contributed by atoms with Gasteiger partial charge in [0.2, 0.25) is 0 Å². The van der Waals surface area contributed by atoms with Crippen molar-refractivity contribution >= 4 is 5.78 Å². The summed E-state index contributed by atoms with van der Waals surface area (Å²) in [5.74, 6) is -1.55. The van der Waals surface area contributed by atoms with Gasteiger partial charge >= 0.3 is 0 Å². The van der Waals surface area contributed by atoms with Crippen LogP contribution >= 0.6 is 0 Å². The zero-order chi connectivity index (χ0) is 30.2. The van der Waals surface area contributed by atoms with Crippen LogP contribution in [0.25, 0.3) is 0 Å². The first-order chi connectivity index (χ1) is 18.7. The smallest absolute Gasteiger partial charge is 0.164 e. The highest BCUT2D eigenvalue weighted by molar-refractivity contribution is 5.95. The van der Waals surface area contributed by atoms with Crippen molar-refractivity contribution in [2.75, 3.05) is 0 Å². The standard InChI is InChI=1S/C33H52O8/c1-27(2,36)25(35)16-26-32(9,41-29(5,6)40-26)24-11-13-33(37)19-14-21(34)20-15-22-23(39-28(3,4)38-22)17-30(20,7)18(19)10-12-31(24,33)8/h14,18,20,22-26,35-37H,10-13,15-17H2,1-9H3/t18-,20-,22+,23-,24-,25-,26+,30+,31+,32+,33+/m0/s1. The lowest BCUT2D eigenvalue weighted by Crippen LogP contribution is -2.62. The molecule has 8 nitrogen and oxygen atoms in total. The lowest BCUT2D eigenvalue weighted by atomic mass is 9.45. The lowest BCUT2D eigenvalue weighted by molar-refractivity contribution is -0.190. The van der Waals surface area contributed by atoms with Crippen LogP contribution in [0.5, 0.6) is 0 Å². The normalized spacial score (nSPS) is 50.9. The minimum Gasteiger partial charge on any atom is -0.390 e. The summed E-state index contributed by atoms with van der Waals surface area (Å²) in [5, 5.41) is 34.1. The predicted molar refractivity (Wildman–Crippen MR) is 152 cm³/mol. The summed E-state index contributed by atoms with van der Waals surface area (Å²) >= 11 is 0. The molecule has 0 amide bonds. The fourth-order valence-electron chi connectivity index (χ4n) is 10.4. The minimum absolute atomic E-state index is 0.0502. The van der Waals surface area contributed by atoms with Crippen molar-refractivity contribution in [3.63, 3.8) is 0 Å². The van der Waals surface area contributed by atoms with Crippen LogP contribution in [0.3, 0.4) is 0 Å². The molecule has 5 fully saturated rings. The van der Waals surface area contributed by atoms with Gasteiger partial charge in [-0.05, 0) is 116 Å². The van der Waals surface area contributed by atoms with E-state index in [0.29, 0.717) is 19.3 Å². The SMILES string of the molecule is CC1(C)O[C@H]2C[C@@]3(C)[C@@H](C[C@H]2O1)C(=O)C=C1[C@@H]3CC[C@]2(C)[C@@H]([C@@]3(C)OC(C)(C)O[C@@H]3C[C@H](O)C(C)(C)O)CC[C@@]12O. The second-order valence-corrected chi connectivity index (χ2v) is 16.4. The van der Waals surface area contributed by atoms with E-state index in [9.17, 15) is 20.1 Å². The highest BCUT2D eigenvalue weighted by atomic mass is 16.8. The highest BCUT2D eigenvalue weighted by Gasteiger charge is 2.71. The molecule has 0 unspecified atom stereocenters. The highest BCUT2D eigenvalue weighted by Crippen LogP contribution is 2.70. The third-order valence-electron chi connectivity index (χ3n) is 12.4. The minimum atomic E-state index is -1.28. The largest absolute Gasteiger partial charge is 0.390 e. The van der Waals surface area contributed by atoms with Gasteiger partial charge in [0.05, 0.1) is 41.2 Å². The number of carbonyl (C=O) groups is 1. The Morgan fingerprint density at radius 3 is 2.27 bits per heavy atom. The Morgan fingerprint density at radius 2 is 1.61 bits per heavy atom. The van der Waals surface area contributed by atoms with E-state index < -0.39 is 46.0 Å². The molecule has 6 rings (SSSR count). The van der Waals surface area contributed by atoms with E-state index in [1.165, 1.54) is 0 Å². The van der Waals surface area contributed by atoms with Crippen LogP contribution in [0.1, 0.15) is 107 Å². The number of ether oxygens (including phenoxy) is 4. The molecule has 0 spiro atoms. The summed E-state index contributed by atoms with van der Waals surface area (Å²) in [5.41, 5.74) is -3.19. The first-order valence-corrected chi connectivity index (χ1v) is 15.8. The van der Waals surface area contributed by atoms with Crippen LogP contribution in [0.2, 0.25) is 0 Å². The number of aliphatic hydroxyl groups excluding tert-OH is 1. The third kappa shape index (κ3) is 4.29. The topological polar surface area (TPSA) is 115 Å². The molecular formula is C33H52O8. The van der Waals surface area contributed by atoms with Gasteiger partial charge in [0.15, 0.2) is 17.4 Å². The Kier molecular flexibility index (Phi) is 6.52. The molecule has 2 heterocycles. The molecular weight excluding hydrogens is 524 g/mol. The molecule has 0 aromatic carbocycles. The van der Waals surface area contributed by atoms with Crippen molar-refractivity contribution in [1.29, 1.82) is 0 Å². The number of aliphatic hydroxyl groups is 3. The Labute approximate surface area is 245 Å². The number of ketones is 1. The molecule has 0 aromatic heterocycles. The van der Waals surface area contributed by atoms with Crippen molar-refractivity contribution in [1.82, 2.24) is 0 Å². The molecule has 8 heteroatoms. The van der Waals surface area contributed by atoms with Crippen molar-refractivity contribution in [2.24, 2.45) is 28.6 Å². The van der Waals surface area contributed by atoms with Crippen LogP contribution in [0.15, 0.2) is 11.6 Å². The van der Waals surface area contributed by atoms with Crippen LogP contribution < -0.4 is 0 Å². The first-order valence-electron chi connectivity index (χ1n) is 15.8. The van der Waals surface area contributed by atoms with Crippen molar-refractivity contribution < 1.29 is 39.1 Å². The van der Waals surface area contributed by atoms with E-state index in [-0.39, 0.29) is 47.6 Å². The van der Waals surface area contributed by atoms with E-state index in [1.807, 2.05) is 27.7 Å². The van der Waals surface area contributed by atoms with E-state index >= 15 is 0 Å². The maximum absolute atomic E-state index is 13.8. The van der Waals surface area contributed by atoms with E-state index in [0.717, 1.165) is 24.8 Å². The Bertz CT molecular complexity index is 1140. The quantitative estimate of drug-likeness (QED) is 0.451. The summed E-state index contributed by atoms with van der Waals surface area (Å²) in [7, 11) is 0. The number of hydrogen-bond acceptors (Lipinski definition) is 8. The average Bonchev–Trinajstić information content (AvgIpc) is 3.36. The molecule has 2 saturated heterocycles. The van der Waals surface area contributed by atoms with E-state index in [4.69, 9.17) is 18.9 Å². The fraction of sp³-hybridized carbons (Fsp3) is 0.909. The summed E-state index contributed by atoms with van der Waals surface area (Å²) in [4.78, 5) is 13.8. The van der Waals surface area contributed by atoms with Gasteiger partial charge in [-0.1, -0.05) is 13.8 Å². The maximum atomic E-state index is 13.8. The molecule has 3 N–H and O–H groups in total. The molecule has 4 aliphatic carbocycles. The van der Waals surface area contributed by atoms with Gasteiger partial charge in [0, 0.05) is 17.8 Å². The van der Waals surface area contributed by atoms with Gasteiger partial charge in [0.25, 0.3) is 0 Å². The van der Waals surface area contributed by atoms with Crippen LogP contribution in [-0.2, 0) is 23.7 Å². The van der Waals surface area contributed by atoms with Crippen molar-refractivity contribution in [2.45, 2.75) is 160 Å². The molecule has 6 aliphatic rings. The molecule has 3 saturated carbocycles. The van der Waals surface area contributed by atoms with Crippen LogP contribution in [-0.4, -0.2) is 73.9 Å². The third-order valence-corrected chi connectivity index (χ3v) is 12.4. The second kappa shape index (κ2) is 8.86. The summed E-state index contributed by atoms with van der Waals surface area (Å²) in [6, 6.07) is 0. The molecule has 0 bridgehead atoms. The van der Waals surface area contributed by atoms with Crippen LogP contribution in [0, 0.1) is 28.6 Å². The van der Waals surface area contributed by atoms with E-state index in [1.54, 1.807) is 19.9 Å². The maximum Gasteiger partial charge on any atom is 0.164 e. The van der Waals surface area contributed by atoms with Gasteiger partial charge < -0.3 is 34.3 Å². The summed E-state index contributed by atoms with van der Waals surface area (Å²) in [6.07, 6.45) is 4.76. The number of fused-ring (bicyclic) bond motifs is 6. The Hall–Kier alpha value is -0.870. The molecule has 0 radical (unpaired) electrons. The zero-order valence-corrected chi connectivity index (χ0v) is 26.5. The number of carbonyl (C=O) groups excluding carboxylic acids is 1. The Balaban J connectivity index is 1.34. The van der Waals surface area contributed by atoms with E-state index in [2.05, 4.69) is 20.8 Å². The Morgan fingerprint density at radius 1 is 0.951 bits per heavy atom. The second-order valence-electron chi connectivity index (χ2n) is 16.4. The molecule has 41 heavy (non-hydrogen) atoms. The van der Waals surface area contributed by atoms with Crippen molar-refractivity contribution in [3.05, 3.63) is 11.6 Å². The lowest BCUT2D eigenvalue weighted by Gasteiger charge is -2.60. The molecule has 11 atom stereocenters. The van der Waals surface area contributed by atoms with Gasteiger partial charge in [-0.3, -0.25) is 4.79 Å². The van der Waals surface area contributed by atoms with Gasteiger partial charge in [-0.2, -0.15) is 0 Å². The monoisotopic (exact) mass is 576 g/mol. The van der Waals surface area contributed by atoms with Gasteiger partial charge in [-0.25, -0.2) is 0 Å². The predicted octanol–water partition coefficient (Wildman–Crippen LogP) is 4.42. The number of rotatable bonds is 4. The number of hydrogen-bond donors (Lipinski definition) is 3. The van der Waals surface area contributed by atoms with Crippen molar-refractivity contribution in [3.8, 4) is 0 Å².